The summed E-state index contributed by atoms with van der Waals surface area (Å²) < 4.78 is 5.91. The van der Waals surface area contributed by atoms with Crippen molar-refractivity contribution in [1.29, 1.82) is 0 Å². The Kier molecular flexibility index (Phi) is 4.86. The molecule has 22 heavy (non-hydrogen) atoms. The molecule has 0 aliphatic heterocycles. The topological polar surface area (TPSA) is 22.1 Å². The normalized spacial score (nSPS) is 10.6. The Bertz CT molecular complexity index is 721. The fourth-order valence-electron chi connectivity index (χ4n) is 2.18. The maximum Gasteiger partial charge on any atom is 0.129 e. The highest BCUT2D eigenvalue weighted by Gasteiger charge is 2.11. The number of rotatable bonds is 6. The van der Waals surface area contributed by atoms with Crippen LogP contribution in [-0.4, -0.2) is 11.6 Å². The predicted octanol–water partition coefficient (Wildman–Crippen LogP) is 5.46. The van der Waals surface area contributed by atoms with Crippen LogP contribution < -0.4 is 4.74 Å². The molecule has 1 heterocycles. The van der Waals surface area contributed by atoms with Crippen LogP contribution in [0.25, 0.3) is 21.8 Å². The molecule has 111 valence electrons. The molecule has 0 aliphatic carbocycles. The molecule has 0 spiro atoms. The minimum Gasteiger partial charge on any atom is -0.493 e. The number of hydrogen-bond donors (Lipinski definition) is 0. The summed E-state index contributed by atoms with van der Waals surface area (Å²) in [5, 5.41) is 3.09. The van der Waals surface area contributed by atoms with Crippen molar-refractivity contribution < 1.29 is 4.74 Å². The monoisotopic (exact) mass is 308 g/mol. The molecule has 2 aromatic carbocycles. The van der Waals surface area contributed by atoms with Crippen molar-refractivity contribution in [2.24, 2.45) is 0 Å². The zero-order valence-corrected chi connectivity index (χ0v) is 13.4. The lowest BCUT2D eigenvalue weighted by Gasteiger charge is -2.09. The van der Waals surface area contributed by atoms with E-state index in [9.17, 15) is 0 Å². The molecule has 0 bridgehead atoms. The van der Waals surface area contributed by atoms with E-state index in [1.54, 1.807) is 11.3 Å². The first-order chi connectivity index (χ1) is 10.9. The summed E-state index contributed by atoms with van der Waals surface area (Å²) in [4.78, 5) is 4.76. The Morgan fingerprint density at radius 1 is 1.14 bits per heavy atom. The van der Waals surface area contributed by atoms with E-state index >= 15 is 0 Å². The number of nitrogens with zero attached hydrogens (tertiary/aromatic N) is 1. The molecule has 0 aliphatic rings. The van der Waals surface area contributed by atoms with Crippen molar-refractivity contribution in [3.63, 3.8) is 0 Å². The second-order valence-electron chi connectivity index (χ2n) is 5.02. The van der Waals surface area contributed by atoms with Crippen molar-refractivity contribution >= 4 is 11.3 Å². The maximum atomic E-state index is 5.91. The molecular formula is C19H18NOS. The Morgan fingerprint density at radius 2 is 1.95 bits per heavy atom. The number of benzene rings is 2. The first-order valence-electron chi connectivity index (χ1n) is 7.52. The average Bonchev–Trinajstić information content (AvgIpc) is 3.06. The summed E-state index contributed by atoms with van der Waals surface area (Å²) in [5.41, 5.74) is 3.18. The molecule has 0 N–H and O–H groups in total. The van der Waals surface area contributed by atoms with Gasteiger partial charge < -0.3 is 4.74 Å². The third kappa shape index (κ3) is 3.37. The Morgan fingerprint density at radius 3 is 2.77 bits per heavy atom. The largest absolute Gasteiger partial charge is 0.493 e. The summed E-state index contributed by atoms with van der Waals surface area (Å²) in [5.74, 6) is 0.915. The van der Waals surface area contributed by atoms with Crippen LogP contribution in [-0.2, 0) is 0 Å². The van der Waals surface area contributed by atoms with E-state index in [0.29, 0.717) is 0 Å². The number of thiazole rings is 1. The van der Waals surface area contributed by atoms with E-state index in [2.05, 4.69) is 24.4 Å². The van der Waals surface area contributed by atoms with Gasteiger partial charge in [-0.15, -0.1) is 11.3 Å². The van der Waals surface area contributed by atoms with Gasteiger partial charge in [0.25, 0.3) is 0 Å². The van der Waals surface area contributed by atoms with Gasteiger partial charge in [0.2, 0.25) is 0 Å². The summed E-state index contributed by atoms with van der Waals surface area (Å²) in [7, 11) is 0. The average molecular weight is 308 g/mol. The van der Waals surface area contributed by atoms with Gasteiger partial charge in [-0.1, -0.05) is 49.7 Å². The van der Waals surface area contributed by atoms with Crippen molar-refractivity contribution in [2.45, 2.75) is 19.8 Å². The van der Waals surface area contributed by atoms with Crippen molar-refractivity contribution in [3.05, 3.63) is 60.0 Å². The molecule has 2 nitrogen and oxygen atoms in total. The molecule has 0 amide bonds. The SMILES string of the molecule is CCCCOc1ccccc1-c1nc(-c2cc[c]cc2)cs1. The smallest absolute Gasteiger partial charge is 0.129 e. The third-order valence-electron chi connectivity index (χ3n) is 3.39. The van der Waals surface area contributed by atoms with E-state index in [1.807, 2.05) is 42.5 Å². The molecule has 3 heteroatoms. The molecule has 0 fully saturated rings. The van der Waals surface area contributed by atoms with Crippen LogP contribution in [0.2, 0.25) is 0 Å². The van der Waals surface area contributed by atoms with Gasteiger partial charge in [-0.3, -0.25) is 0 Å². The molecular weight excluding hydrogens is 290 g/mol. The van der Waals surface area contributed by atoms with Gasteiger partial charge in [0.1, 0.15) is 10.8 Å². The van der Waals surface area contributed by atoms with E-state index < -0.39 is 0 Å². The third-order valence-corrected chi connectivity index (χ3v) is 4.27. The Hall–Kier alpha value is -2.13. The quantitative estimate of drug-likeness (QED) is 0.564. The van der Waals surface area contributed by atoms with Gasteiger partial charge >= 0.3 is 0 Å². The zero-order chi connectivity index (χ0) is 15.2. The number of ether oxygens (including phenoxy) is 1. The van der Waals surface area contributed by atoms with Crippen LogP contribution >= 0.6 is 11.3 Å². The highest BCUT2D eigenvalue weighted by atomic mass is 32.1. The molecule has 1 radical (unpaired) electrons. The molecule has 0 saturated heterocycles. The van der Waals surface area contributed by atoms with Gasteiger partial charge in [-0.2, -0.15) is 0 Å². The molecule has 1 aromatic heterocycles. The van der Waals surface area contributed by atoms with Gasteiger partial charge in [-0.25, -0.2) is 4.98 Å². The number of hydrogen-bond acceptors (Lipinski definition) is 3. The summed E-state index contributed by atoms with van der Waals surface area (Å²) in [6.07, 6.45) is 2.20. The second-order valence-corrected chi connectivity index (χ2v) is 5.88. The molecule has 3 aromatic rings. The number of aromatic nitrogens is 1. The molecule has 0 atom stereocenters. The van der Waals surface area contributed by atoms with E-state index in [-0.39, 0.29) is 0 Å². The summed E-state index contributed by atoms with van der Waals surface area (Å²) in [6.45, 7) is 2.92. The minimum atomic E-state index is 0.750. The van der Waals surface area contributed by atoms with Crippen LogP contribution in [0.3, 0.4) is 0 Å². The molecule has 3 rings (SSSR count). The highest BCUT2D eigenvalue weighted by Crippen LogP contribution is 2.34. The second kappa shape index (κ2) is 7.23. The van der Waals surface area contributed by atoms with Crippen LogP contribution in [0.4, 0.5) is 0 Å². The molecule has 0 unspecified atom stereocenters. The first kappa shape index (κ1) is 14.8. The first-order valence-corrected chi connectivity index (χ1v) is 8.40. The minimum absolute atomic E-state index is 0.750. The van der Waals surface area contributed by atoms with Crippen LogP contribution in [0, 0.1) is 6.07 Å². The van der Waals surface area contributed by atoms with E-state index in [0.717, 1.165) is 47.0 Å². The maximum absolute atomic E-state index is 5.91. The van der Waals surface area contributed by atoms with Gasteiger partial charge in [0, 0.05) is 10.9 Å². The lowest BCUT2D eigenvalue weighted by atomic mass is 10.2. The van der Waals surface area contributed by atoms with Crippen LogP contribution in [0.1, 0.15) is 19.8 Å². The fraction of sp³-hybridized carbons (Fsp3) is 0.211. The number of unbranched alkanes of at least 4 members (excludes halogenated alkanes) is 1. The van der Waals surface area contributed by atoms with Gasteiger partial charge in [0.05, 0.1) is 17.9 Å². The molecule has 0 saturated carbocycles. The Balaban J connectivity index is 1.87. The van der Waals surface area contributed by atoms with Crippen molar-refractivity contribution in [2.75, 3.05) is 6.61 Å². The fourth-order valence-corrected chi connectivity index (χ4v) is 3.04. The lowest BCUT2D eigenvalue weighted by Crippen LogP contribution is -1.97. The lowest BCUT2D eigenvalue weighted by molar-refractivity contribution is 0.310. The zero-order valence-electron chi connectivity index (χ0n) is 12.6. The number of para-hydroxylation sites is 1. The summed E-state index contributed by atoms with van der Waals surface area (Å²) >= 11 is 1.65. The summed E-state index contributed by atoms with van der Waals surface area (Å²) in [6, 6.07) is 19.0. The Labute approximate surface area is 135 Å². The van der Waals surface area contributed by atoms with Crippen LogP contribution in [0.15, 0.2) is 53.9 Å². The van der Waals surface area contributed by atoms with Crippen LogP contribution in [0.5, 0.6) is 5.75 Å². The van der Waals surface area contributed by atoms with Crippen molar-refractivity contribution in [1.82, 2.24) is 4.98 Å². The highest BCUT2D eigenvalue weighted by molar-refractivity contribution is 7.13. The predicted molar refractivity (Wildman–Crippen MR) is 92.2 cm³/mol. The van der Waals surface area contributed by atoms with Gasteiger partial charge in [0.15, 0.2) is 0 Å². The van der Waals surface area contributed by atoms with E-state index in [4.69, 9.17) is 9.72 Å². The van der Waals surface area contributed by atoms with E-state index in [1.165, 1.54) is 0 Å². The standard InChI is InChI=1S/C19H18NOS/c1-2-3-13-21-18-12-8-7-11-16(18)19-20-17(14-22-19)15-9-5-4-6-10-15/h5-12,14H,2-3,13H2,1H3. The van der Waals surface area contributed by atoms with Gasteiger partial charge in [-0.05, 0) is 24.6 Å². The van der Waals surface area contributed by atoms with Crippen molar-refractivity contribution in [3.8, 4) is 27.6 Å².